The second-order valence-corrected chi connectivity index (χ2v) is 7.54. The van der Waals surface area contributed by atoms with Crippen molar-refractivity contribution in [2.45, 2.75) is 72.7 Å². The number of carbonyl (C=O) groups is 2. The number of ether oxygens (including phenoxy) is 3. The molecule has 0 spiro atoms. The van der Waals surface area contributed by atoms with Gasteiger partial charge in [0.05, 0.1) is 19.3 Å². The van der Waals surface area contributed by atoms with E-state index >= 15 is 0 Å². The molecule has 2 amide bonds. The van der Waals surface area contributed by atoms with E-state index in [0.29, 0.717) is 6.10 Å². The highest BCUT2D eigenvalue weighted by Crippen LogP contribution is 2.18. The van der Waals surface area contributed by atoms with Gasteiger partial charge in [-0.3, -0.25) is 9.59 Å². The molecule has 1 unspecified atom stereocenters. The zero-order valence-electron chi connectivity index (χ0n) is 20.2. The molecule has 0 aliphatic heterocycles. The number of unbranched alkanes of at least 4 members (excludes halogenated alkanes) is 3. The molecule has 0 aliphatic rings. The van der Waals surface area contributed by atoms with E-state index in [9.17, 15) is 14.7 Å². The number of hydrogen-bond donors (Lipinski definition) is 3. The molecule has 0 aromatic carbocycles. The Morgan fingerprint density at radius 2 is 1.23 bits per heavy atom. The van der Waals surface area contributed by atoms with Crippen LogP contribution in [0.4, 0.5) is 0 Å². The van der Waals surface area contributed by atoms with Gasteiger partial charge in [-0.05, 0) is 33.0 Å². The summed E-state index contributed by atoms with van der Waals surface area (Å²) in [6.45, 7) is 10.6. The van der Waals surface area contributed by atoms with Crippen molar-refractivity contribution in [3.63, 3.8) is 0 Å². The molecule has 9 heteroatoms. The molecule has 0 fully saturated rings. The van der Waals surface area contributed by atoms with Crippen molar-refractivity contribution in [1.82, 2.24) is 10.6 Å². The van der Waals surface area contributed by atoms with Crippen molar-refractivity contribution in [1.29, 1.82) is 0 Å². The number of carbonyl (C=O) groups excluding carboxylic acids is 2. The second kappa shape index (κ2) is 22.4. The summed E-state index contributed by atoms with van der Waals surface area (Å²) >= 11 is 0. The van der Waals surface area contributed by atoms with Crippen molar-refractivity contribution in [3.05, 3.63) is 0 Å². The van der Waals surface area contributed by atoms with Gasteiger partial charge in [0.1, 0.15) is 0 Å². The maximum atomic E-state index is 10.7. The minimum absolute atomic E-state index is 0.0308. The molecule has 0 aliphatic carbocycles. The van der Waals surface area contributed by atoms with Gasteiger partial charge in [-0.1, -0.05) is 19.8 Å². The number of nitrogens with one attached hydrogen (secondary N) is 2. The molecule has 0 bridgehead atoms. The molecule has 0 rings (SSSR count). The predicted molar refractivity (Wildman–Crippen MR) is 116 cm³/mol. The monoisotopic (exact) mass is 437 g/mol. The maximum absolute atomic E-state index is 10.7. The number of rotatable bonds is 13. The van der Waals surface area contributed by atoms with Crippen molar-refractivity contribution in [2.24, 2.45) is 5.41 Å². The van der Waals surface area contributed by atoms with Crippen LogP contribution in [0.3, 0.4) is 0 Å². The van der Waals surface area contributed by atoms with Gasteiger partial charge in [-0.15, -0.1) is 0 Å². The van der Waals surface area contributed by atoms with E-state index in [-0.39, 0.29) is 25.0 Å². The molecule has 0 aromatic rings. The Morgan fingerprint density at radius 3 is 1.43 bits per heavy atom. The molecule has 0 radical (unpaired) electrons. The van der Waals surface area contributed by atoms with Gasteiger partial charge >= 0.3 is 0 Å². The Bertz CT molecular complexity index is 379. The zero-order valence-corrected chi connectivity index (χ0v) is 20.2. The first kappa shape index (κ1) is 33.4. The first-order chi connectivity index (χ1) is 14.0. The lowest BCUT2D eigenvalue weighted by Gasteiger charge is -2.37. The smallest absolute Gasteiger partial charge is 0.216 e. The van der Waals surface area contributed by atoms with Crippen molar-refractivity contribution in [3.8, 4) is 0 Å². The standard InChI is InChI=1S/C10H20N2O2.C7H15O4.C4H10O/c1-9(13)11-7-5-3-4-6-8-12-10(2)14;1-7(4-10-2,5-11-3)6(8)9;1-4(2)5-3/h3-8H2,1-2H3,(H,11,13)(H,12,14);6,8H,4-5H2,1-3H3;4H,1-3H3/q;-1;. The van der Waals surface area contributed by atoms with Crippen LogP contribution in [0.1, 0.15) is 60.3 Å². The van der Waals surface area contributed by atoms with Crippen LogP contribution in [0.2, 0.25) is 0 Å². The van der Waals surface area contributed by atoms with Crippen LogP contribution in [0.25, 0.3) is 0 Å². The van der Waals surface area contributed by atoms with E-state index in [0.717, 1.165) is 38.8 Å². The maximum Gasteiger partial charge on any atom is 0.216 e. The van der Waals surface area contributed by atoms with Crippen LogP contribution >= 0.6 is 0 Å². The van der Waals surface area contributed by atoms with E-state index in [2.05, 4.69) is 10.6 Å². The minimum Gasteiger partial charge on any atom is -0.831 e. The van der Waals surface area contributed by atoms with Gasteiger partial charge in [0.2, 0.25) is 11.8 Å². The van der Waals surface area contributed by atoms with E-state index in [4.69, 9.17) is 19.3 Å². The van der Waals surface area contributed by atoms with Gasteiger partial charge in [0.25, 0.3) is 0 Å². The molecule has 0 heterocycles. The van der Waals surface area contributed by atoms with Crippen LogP contribution in [0.5, 0.6) is 0 Å². The number of hydrogen-bond acceptors (Lipinski definition) is 7. The molecule has 9 nitrogen and oxygen atoms in total. The van der Waals surface area contributed by atoms with E-state index in [1.54, 1.807) is 14.0 Å². The Labute approximate surface area is 182 Å². The van der Waals surface area contributed by atoms with Crippen molar-refractivity contribution in [2.75, 3.05) is 47.6 Å². The lowest BCUT2D eigenvalue weighted by molar-refractivity contribution is -0.513. The lowest BCUT2D eigenvalue weighted by Crippen LogP contribution is -2.48. The highest BCUT2D eigenvalue weighted by atomic mass is 16.5. The SMILES string of the molecule is CC(=O)NCCCCCCNC(C)=O.COC(C)C.COCC(C)(COC)C([O-])O. The quantitative estimate of drug-likeness (QED) is 0.287. The highest BCUT2D eigenvalue weighted by Gasteiger charge is 2.26. The fraction of sp³-hybridized carbons (Fsp3) is 0.905. The normalized spacial score (nSPS) is 11.6. The molecular weight excluding hydrogens is 392 g/mol. The average molecular weight is 438 g/mol. The first-order valence-corrected chi connectivity index (χ1v) is 10.3. The number of methoxy groups -OCH3 is 3. The van der Waals surface area contributed by atoms with Gasteiger partial charge in [0.15, 0.2) is 0 Å². The molecule has 0 saturated heterocycles. The Balaban J connectivity index is -0.000000405. The molecule has 0 saturated carbocycles. The number of amides is 2. The first-order valence-electron chi connectivity index (χ1n) is 10.3. The van der Waals surface area contributed by atoms with E-state index in [1.165, 1.54) is 28.1 Å². The van der Waals surface area contributed by atoms with E-state index in [1.807, 2.05) is 13.8 Å². The second-order valence-electron chi connectivity index (χ2n) is 7.54. The third kappa shape index (κ3) is 26.7. The summed E-state index contributed by atoms with van der Waals surface area (Å²) in [7, 11) is 4.66. The van der Waals surface area contributed by atoms with Crippen molar-refractivity contribution >= 4 is 11.8 Å². The van der Waals surface area contributed by atoms with Crippen LogP contribution in [0, 0.1) is 5.41 Å². The summed E-state index contributed by atoms with van der Waals surface area (Å²) in [5.74, 6) is 0.0616. The van der Waals surface area contributed by atoms with Crippen LogP contribution in [-0.2, 0) is 23.8 Å². The lowest BCUT2D eigenvalue weighted by atomic mass is 9.92. The Kier molecular flexibility index (Phi) is 25.0. The molecule has 0 aromatic heterocycles. The van der Waals surface area contributed by atoms with Gasteiger partial charge < -0.3 is 35.1 Å². The topological polar surface area (TPSA) is 129 Å². The third-order valence-corrected chi connectivity index (χ3v) is 3.87. The fourth-order valence-electron chi connectivity index (χ4n) is 1.98. The summed E-state index contributed by atoms with van der Waals surface area (Å²) in [6, 6.07) is 0. The third-order valence-electron chi connectivity index (χ3n) is 3.87. The molecular formula is C21H45N2O7-. The summed E-state index contributed by atoms with van der Waals surface area (Å²) in [5, 5.41) is 25.0. The highest BCUT2D eigenvalue weighted by molar-refractivity contribution is 5.73. The Morgan fingerprint density at radius 1 is 0.900 bits per heavy atom. The Hall–Kier alpha value is -1.26. The average Bonchev–Trinajstić information content (AvgIpc) is 2.64. The van der Waals surface area contributed by atoms with Crippen LogP contribution in [0.15, 0.2) is 0 Å². The van der Waals surface area contributed by atoms with Gasteiger partial charge in [0, 0.05) is 53.7 Å². The van der Waals surface area contributed by atoms with Crippen LogP contribution in [-0.4, -0.2) is 76.9 Å². The summed E-state index contributed by atoms with van der Waals surface area (Å²) < 4.78 is 14.3. The minimum atomic E-state index is -1.66. The summed E-state index contributed by atoms with van der Waals surface area (Å²) in [4.78, 5) is 21.0. The van der Waals surface area contributed by atoms with Crippen LogP contribution < -0.4 is 15.7 Å². The summed E-state index contributed by atoms with van der Waals surface area (Å²) in [5.41, 5.74) is -0.844. The molecule has 1 atom stereocenters. The molecule has 182 valence electrons. The predicted octanol–water partition coefficient (Wildman–Crippen LogP) is 0.824. The number of aliphatic hydroxyl groups excluding tert-OH is 1. The van der Waals surface area contributed by atoms with Crippen molar-refractivity contribution < 1.29 is 34.0 Å². The number of aliphatic hydroxyl groups is 1. The fourth-order valence-corrected chi connectivity index (χ4v) is 1.98. The molecule has 30 heavy (non-hydrogen) atoms. The largest absolute Gasteiger partial charge is 0.831 e. The zero-order chi connectivity index (χ0) is 24.0. The van der Waals surface area contributed by atoms with Gasteiger partial charge in [-0.2, -0.15) is 0 Å². The summed E-state index contributed by atoms with van der Waals surface area (Å²) in [6.07, 6.45) is 2.94. The molecule has 3 N–H and O–H groups in total. The van der Waals surface area contributed by atoms with E-state index < -0.39 is 11.7 Å². The van der Waals surface area contributed by atoms with Gasteiger partial charge in [-0.25, -0.2) is 0 Å².